The summed E-state index contributed by atoms with van der Waals surface area (Å²) in [6.07, 6.45) is 0. The molecule has 6 heteroatoms. The van der Waals surface area contributed by atoms with E-state index in [1.54, 1.807) is 24.3 Å². The molecular formula is C14H14ClNO4. The Morgan fingerprint density at radius 2 is 1.75 bits per heavy atom. The van der Waals surface area contributed by atoms with Gasteiger partial charge < -0.3 is 15.2 Å². The number of carbonyl (C=O) groups excluding carboxylic acids is 2. The monoisotopic (exact) mass is 295 g/mol. The Balaban J connectivity index is 2.11. The molecule has 0 bridgehead atoms. The van der Waals surface area contributed by atoms with E-state index in [0.29, 0.717) is 24.3 Å². The number of benzene rings is 1. The molecule has 0 aromatic heterocycles. The molecule has 106 valence electrons. The highest BCUT2D eigenvalue weighted by atomic mass is 35.5. The second-order valence-corrected chi connectivity index (χ2v) is 4.53. The summed E-state index contributed by atoms with van der Waals surface area (Å²) in [5.74, 6) is -0.659. The van der Waals surface area contributed by atoms with Gasteiger partial charge in [0, 0.05) is 17.7 Å². The predicted octanol–water partition coefficient (Wildman–Crippen LogP) is 1.11. The number of halogens is 1. The molecular weight excluding hydrogens is 282 g/mol. The number of ketones is 2. The first-order valence-electron chi connectivity index (χ1n) is 6.17. The van der Waals surface area contributed by atoms with Gasteiger partial charge in [0.1, 0.15) is 10.7 Å². The Hall–Kier alpha value is -1.69. The minimum Gasteiger partial charge on any atom is -0.394 e. The number of aliphatic hydroxyl groups excluding tert-OH is 1. The SMILES string of the molecule is O=C1C(Cl)=C(NCCOCCO)C(=O)c2ccccc21. The molecule has 2 rings (SSSR count). The maximum atomic E-state index is 12.3. The largest absolute Gasteiger partial charge is 0.394 e. The fourth-order valence-electron chi connectivity index (χ4n) is 1.92. The van der Waals surface area contributed by atoms with Crippen LogP contribution in [-0.2, 0) is 4.74 Å². The van der Waals surface area contributed by atoms with Crippen LogP contribution >= 0.6 is 11.6 Å². The van der Waals surface area contributed by atoms with E-state index < -0.39 is 0 Å². The zero-order chi connectivity index (χ0) is 14.5. The highest BCUT2D eigenvalue weighted by molar-refractivity contribution is 6.49. The normalized spacial score (nSPS) is 14.5. The van der Waals surface area contributed by atoms with Gasteiger partial charge in [0.25, 0.3) is 0 Å². The first-order chi connectivity index (χ1) is 9.66. The van der Waals surface area contributed by atoms with Crippen LogP contribution in [0.15, 0.2) is 35.0 Å². The van der Waals surface area contributed by atoms with Gasteiger partial charge in [-0.25, -0.2) is 0 Å². The average molecular weight is 296 g/mol. The molecule has 0 saturated carbocycles. The van der Waals surface area contributed by atoms with Gasteiger partial charge in [-0.05, 0) is 0 Å². The van der Waals surface area contributed by atoms with Crippen LogP contribution in [0.2, 0.25) is 0 Å². The van der Waals surface area contributed by atoms with E-state index in [1.165, 1.54) is 0 Å². The van der Waals surface area contributed by atoms with Crippen LogP contribution in [0.3, 0.4) is 0 Å². The van der Waals surface area contributed by atoms with E-state index in [-0.39, 0.29) is 35.5 Å². The topological polar surface area (TPSA) is 75.6 Å². The molecule has 0 amide bonds. The Kier molecular flexibility index (Phi) is 4.89. The summed E-state index contributed by atoms with van der Waals surface area (Å²) in [5, 5.41) is 11.3. The van der Waals surface area contributed by atoms with Gasteiger partial charge in [0.05, 0.1) is 19.8 Å². The fraction of sp³-hybridized carbons (Fsp3) is 0.286. The lowest BCUT2D eigenvalue weighted by Gasteiger charge is -2.18. The quantitative estimate of drug-likeness (QED) is 0.769. The Morgan fingerprint density at radius 1 is 1.10 bits per heavy atom. The van der Waals surface area contributed by atoms with Crippen molar-refractivity contribution in [3.63, 3.8) is 0 Å². The van der Waals surface area contributed by atoms with E-state index in [1.807, 2.05) is 0 Å². The highest BCUT2D eigenvalue weighted by Gasteiger charge is 2.30. The number of aliphatic hydroxyl groups is 1. The Bertz CT molecular complexity index is 568. The number of nitrogens with one attached hydrogen (secondary N) is 1. The summed E-state index contributed by atoms with van der Waals surface area (Å²) < 4.78 is 5.07. The number of carbonyl (C=O) groups is 2. The van der Waals surface area contributed by atoms with Crippen LogP contribution in [0.5, 0.6) is 0 Å². The van der Waals surface area contributed by atoms with Crippen LogP contribution in [-0.4, -0.2) is 43.0 Å². The maximum absolute atomic E-state index is 12.3. The number of allylic oxidation sites excluding steroid dienone is 2. The van der Waals surface area contributed by atoms with Crippen LogP contribution in [0.4, 0.5) is 0 Å². The molecule has 0 spiro atoms. The number of rotatable bonds is 6. The molecule has 1 aliphatic rings. The van der Waals surface area contributed by atoms with Gasteiger partial charge in [-0.1, -0.05) is 35.9 Å². The van der Waals surface area contributed by atoms with Crippen molar-refractivity contribution in [3.05, 3.63) is 46.1 Å². The minimum atomic E-state index is -0.361. The third kappa shape index (κ3) is 2.90. The number of hydrogen-bond donors (Lipinski definition) is 2. The molecule has 20 heavy (non-hydrogen) atoms. The van der Waals surface area contributed by atoms with Gasteiger partial charge in [-0.3, -0.25) is 9.59 Å². The molecule has 0 atom stereocenters. The third-order valence-electron chi connectivity index (χ3n) is 2.85. The number of ether oxygens (including phenoxy) is 1. The number of hydrogen-bond acceptors (Lipinski definition) is 5. The molecule has 1 aromatic rings. The lowest BCUT2D eigenvalue weighted by atomic mass is 9.92. The van der Waals surface area contributed by atoms with E-state index in [9.17, 15) is 9.59 Å². The molecule has 0 heterocycles. The summed E-state index contributed by atoms with van der Waals surface area (Å²) in [4.78, 5) is 24.3. The molecule has 0 fully saturated rings. The molecule has 1 aliphatic carbocycles. The average Bonchev–Trinajstić information content (AvgIpc) is 2.48. The van der Waals surface area contributed by atoms with Crippen molar-refractivity contribution in [2.24, 2.45) is 0 Å². The van der Waals surface area contributed by atoms with Gasteiger partial charge in [0.15, 0.2) is 0 Å². The smallest absolute Gasteiger partial charge is 0.211 e. The molecule has 2 N–H and O–H groups in total. The zero-order valence-corrected chi connectivity index (χ0v) is 11.4. The van der Waals surface area contributed by atoms with Gasteiger partial charge >= 0.3 is 0 Å². The molecule has 0 aliphatic heterocycles. The standard InChI is InChI=1S/C14H14ClNO4/c15-11-12(16-5-7-20-8-6-17)14(19)10-4-2-1-3-9(10)13(11)18/h1-4,16-17H,5-8H2. The molecule has 0 unspecified atom stereocenters. The summed E-state index contributed by atoms with van der Waals surface area (Å²) in [6.45, 7) is 0.794. The summed E-state index contributed by atoms with van der Waals surface area (Å²) >= 11 is 5.96. The number of fused-ring (bicyclic) bond motifs is 1. The zero-order valence-electron chi connectivity index (χ0n) is 10.7. The van der Waals surface area contributed by atoms with Crippen molar-refractivity contribution in [2.75, 3.05) is 26.4 Å². The number of Topliss-reactive ketones (excluding diaryl/α,β-unsaturated/α-hetero) is 2. The van der Waals surface area contributed by atoms with E-state index in [2.05, 4.69) is 5.32 Å². The third-order valence-corrected chi connectivity index (χ3v) is 3.21. The van der Waals surface area contributed by atoms with Gasteiger partial charge in [0.2, 0.25) is 11.6 Å². The lowest BCUT2D eigenvalue weighted by molar-refractivity contribution is 0.0920. The lowest BCUT2D eigenvalue weighted by Crippen LogP contribution is -2.31. The van der Waals surface area contributed by atoms with Crippen molar-refractivity contribution in [1.29, 1.82) is 0 Å². The summed E-state index contributed by atoms with van der Waals surface area (Å²) in [7, 11) is 0. The Morgan fingerprint density at radius 3 is 2.40 bits per heavy atom. The van der Waals surface area contributed by atoms with Gasteiger partial charge in [-0.2, -0.15) is 0 Å². The van der Waals surface area contributed by atoms with E-state index in [4.69, 9.17) is 21.4 Å². The van der Waals surface area contributed by atoms with Gasteiger partial charge in [-0.15, -0.1) is 0 Å². The van der Waals surface area contributed by atoms with Crippen LogP contribution in [0, 0.1) is 0 Å². The summed E-state index contributed by atoms with van der Waals surface area (Å²) in [5.41, 5.74) is 0.772. The minimum absolute atomic E-state index is 0.0613. The molecule has 0 saturated heterocycles. The second kappa shape index (κ2) is 6.65. The molecule has 1 aromatic carbocycles. The first-order valence-corrected chi connectivity index (χ1v) is 6.55. The van der Waals surface area contributed by atoms with Crippen molar-refractivity contribution in [3.8, 4) is 0 Å². The van der Waals surface area contributed by atoms with Crippen LogP contribution in [0.25, 0.3) is 0 Å². The molecule has 5 nitrogen and oxygen atoms in total. The van der Waals surface area contributed by atoms with Crippen molar-refractivity contribution in [1.82, 2.24) is 5.32 Å². The van der Waals surface area contributed by atoms with Crippen molar-refractivity contribution in [2.45, 2.75) is 0 Å². The second-order valence-electron chi connectivity index (χ2n) is 4.16. The van der Waals surface area contributed by atoms with Crippen molar-refractivity contribution >= 4 is 23.2 Å². The molecule has 0 radical (unpaired) electrons. The van der Waals surface area contributed by atoms with Crippen LogP contribution in [0.1, 0.15) is 20.7 Å². The first kappa shape index (κ1) is 14.7. The summed E-state index contributed by atoms with van der Waals surface area (Å²) in [6, 6.07) is 6.57. The highest BCUT2D eigenvalue weighted by Crippen LogP contribution is 2.26. The van der Waals surface area contributed by atoms with E-state index >= 15 is 0 Å². The van der Waals surface area contributed by atoms with Crippen LogP contribution < -0.4 is 5.32 Å². The fourth-order valence-corrected chi connectivity index (χ4v) is 2.17. The van der Waals surface area contributed by atoms with E-state index in [0.717, 1.165) is 0 Å². The maximum Gasteiger partial charge on any atom is 0.211 e. The Labute approximate surface area is 121 Å². The predicted molar refractivity (Wildman–Crippen MR) is 73.9 cm³/mol. The van der Waals surface area contributed by atoms with Crippen molar-refractivity contribution < 1.29 is 19.4 Å².